The molecule has 2 rings (SSSR count). The summed E-state index contributed by atoms with van der Waals surface area (Å²) in [4.78, 5) is 34.9. The number of hydrogen-bond acceptors (Lipinski definition) is 5. The second-order valence-corrected chi connectivity index (χ2v) is 3.80. The van der Waals surface area contributed by atoms with Gasteiger partial charge in [0.2, 0.25) is 0 Å². The predicted octanol–water partition coefficient (Wildman–Crippen LogP) is 0.287. The minimum atomic E-state index is -0.933. The molecule has 17 heavy (non-hydrogen) atoms. The molecule has 0 radical (unpaired) electrons. The van der Waals surface area contributed by atoms with Crippen LogP contribution in [0.15, 0.2) is 6.20 Å². The second kappa shape index (κ2) is 4.48. The Morgan fingerprint density at radius 2 is 2.35 bits per heavy atom. The number of rotatable bonds is 3. The molecule has 1 aromatic heterocycles. The van der Waals surface area contributed by atoms with Crippen LogP contribution >= 0.6 is 0 Å². The van der Waals surface area contributed by atoms with Crippen molar-refractivity contribution in [1.82, 2.24) is 10.2 Å². The minimum absolute atomic E-state index is 0.127. The van der Waals surface area contributed by atoms with E-state index in [1.165, 1.54) is 6.20 Å². The number of nitrogens with one attached hydrogen (secondary N) is 1. The normalized spacial score (nSPS) is 18.6. The standard InChI is InChI=1S/C11H12N2O4/c1-2-17-11(16)10(15)6-3-4-8-7(9(6)14)5-12-13-8/h5-6H,2-4H2,1H3,(H,12,13). The number of aromatic amines is 1. The van der Waals surface area contributed by atoms with Gasteiger partial charge in [-0.05, 0) is 19.8 Å². The molecule has 1 N–H and O–H groups in total. The Morgan fingerprint density at radius 1 is 1.59 bits per heavy atom. The monoisotopic (exact) mass is 236 g/mol. The van der Waals surface area contributed by atoms with Gasteiger partial charge in [-0.1, -0.05) is 0 Å². The van der Waals surface area contributed by atoms with Gasteiger partial charge >= 0.3 is 5.97 Å². The first-order valence-electron chi connectivity index (χ1n) is 5.42. The van der Waals surface area contributed by atoms with Crippen molar-refractivity contribution in [2.45, 2.75) is 19.8 Å². The number of nitrogens with zero attached hydrogens (tertiary/aromatic N) is 1. The van der Waals surface area contributed by atoms with Crippen LogP contribution in [0.25, 0.3) is 0 Å². The fourth-order valence-electron chi connectivity index (χ4n) is 1.92. The van der Waals surface area contributed by atoms with Crippen molar-refractivity contribution < 1.29 is 19.1 Å². The van der Waals surface area contributed by atoms with Crippen molar-refractivity contribution in [3.05, 3.63) is 17.5 Å². The molecule has 90 valence electrons. The number of aromatic nitrogens is 2. The number of esters is 1. The van der Waals surface area contributed by atoms with E-state index in [2.05, 4.69) is 14.9 Å². The van der Waals surface area contributed by atoms with Crippen LogP contribution in [0.5, 0.6) is 0 Å². The highest BCUT2D eigenvalue weighted by Gasteiger charge is 2.37. The molecule has 0 saturated carbocycles. The average molecular weight is 236 g/mol. The number of carbonyl (C=O) groups excluding carboxylic acids is 3. The van der Waals surface area contributed by atoms with Crippen molar-refractivity contribution in [3.63, 3.8) is 0 Å². The molecular formula is C11H12N2O4. The van der Waals surface area contributed by atoms with Crippen molar-refractivity contribution in [1.29, 1.82) is 0 Å². The van der Waals surface area contributed by atoms with Crippen LogP contribution in [-0.2, 0) is 20.7 Å². The highest BCUT2D eigenvalue weighted by molar-refractivity contribution is 6.39. The van der Waals surface area contributed by atoms with Gasteiger partial charge in [-0.2, -0.15) is 5.10 Å². The summed E-state index contributed by atoms with van der Waals surface area (Å²) in [6.07, 6.45) is 2.25. The SMILES string of the molecule is CCOC(=O)C(=O)C1CCc2[nH]ncc2C1=O. The van der Waals surface area contributed by atoms with E-state index in [0.29, 0.717) is 18.4 Å². The number of carbonyl (C=O) groups is 3. The zero-order valence-corrected chi connectivity index (χ0v) is 9.36. The summed E-state index contributed by atoms with van der Waals surface area (Å²) >= 11 is 0. The topological polar surface area (TPSA) is 89.1 Å². The van der Waals surface area contributed by atoms with Gasteiger partial charge < -0.3 is 4.74 Å². The maximum absolute atomic E-state index is 11.9. The van der Waals surface area contributed by atoms with Crippen molar-refractivity contribution >= 4 is 17.5 Å². The second-order valence-electron chi connectivity index (χ2n) is 3.80. The molecule has 1 aliphatic carbocycles. The van der Waals surface area contributed by atoms with Crippen molar-refractivity contribution in [2.75, 3.05) is 6.61 Å². The van der Waals surface area contributed by atoms with Gasteiger partial charge in [0.05, 0.1) is 24.3 Å². The predicted molar refractivity (Wildman–Crippen MR) is 56.4 cm³/mol. The fraction of sp³-hybridized carbons (Fsp3) is 0.455. The molecule has 6 heteroatoms. The Balaban J connectivity index is 2.18. The molecule has 1 unspecified atom stereocenters. The summed E-state index contributed by atoms with van der Waals surface area (Å²) in [5, 5.41) is 6.46. The molecule has 0 bridgehead atoms. The average Bonchev–Trinajstić information content (AvgIpc) is 2.78. The van der Waals surface area contributed by atoms with Crippen LogP contribution in [-0.4, -0.2) is 34.3 Å². The molecule has 0 fully saturated rings. The molecule has 1 aromatic rings. The van der Waals surface area contributed by atoms with Gasteiger partial charge in [0.1, 0.15) is 0 Å². The zero-order chi connectivity index (χ0) is 12.4. The van der Waals surface area contributed by atoms with E-state index >= 15 is 0 Å². The molecule has 6 nitrogen and oxygen atoms in total. The van der Waals surface area contributed by atoms with E-state index in [0.717, 1.165) is 5.69 Å². The number of H-pyrrole nitrogens is 1. The summed E-state index contributed by atoms with van der Waals surface area (Å²) in [6, 6.07) is 0. The lowest BCUT2D eigenvalue weighted by molar-refractivity contribution is -0.154. The van der Waals surface area contributed by atoms with Gasteiger partial charge in [-0.3, -0.25) is 14.7 Å². The van der Waals surface area contributed by atoms with Crippen LogP contribution in [0.4, 0.5) is 0 Å². The molecular weight excluding hydrogens is 224 g/mol. The first-order valence-corrected chi connectivity index (χ1v) is 5.42. The Kier molecular flexibility index (Phi) is 3.03. The van der Waals surface area contributed by atoms with E-state index < -0.39 is 17.7 Å². The van der Waals surface area contributed by atoms with Gasteiger partial charge in [-0.15, -0.1) is 0 Å². The lowest BCUT2D eigenvalue weighted by atomic mass is 9.84. The van der Waals surface area contributed by atoms with Crippen LogP contribution in [0, 0.1) is 5.92 Å². The number of Topliss-reactive ketones (excluding diaryl/α,β-unsaturated/α-hetero) is 2. The summed E-state index contributed by atoms with van der Waals surface area (Å²) in [5.74, 6) is -2.96. The van der Waals surface area contributed by atoms with Gasteiger partial charge in [-0.25, -0.2) is 4.79 Å². The molecule has 0 spiro atoms. The highest BCUT2D eigenvalue weighted by atomic mass is 16.5. The summed E-state index contributed by atoms with van der Waals surface area (Å²) in [6.45, 7) is 1.74. The van der Waals surface area contributed by atoms with Gasteiger partial charge in [0.25, 0.3) is 5.78 Å². The molecule has 1 aliphatic rings. The van der Waals surface area contributed by atoms with Crippen molar-refractivity contribution in [3.8, 4) is 0 Å². The Bertz CT molecular complexity index is 478. The van der Waals surface area contributed by atoms with E-state index in [1.54, 1.807) is 6.92 Å². The Hall–Kier alpha value is -1.98. The largest absolute Gasteiger partial charge is 0.460 e. The Morgan fingerprint density at radius 3 is 3.06 bits per heavy atom. The number of hydrogen-bond donors (Lipinski definition) is 1. The lowest BCUT2D eigenvalue weighted by Gasteiger charge is -2.17. The Labute approximate surface area is 97.3 Å². The van der Waals surface area contributed by atoms with Gasteiger partial charge in [0, 0.05) is 5.69 Å². The highest BCUT2D eigenvalue weighted by Crippen LogP contribution is 2.24. The first-order chi connectivity index (χ1) is 8.15. The summed E-state index contributed by atoms with van der Waals surface area (Å²) in [5.41, 5.74) is 1.13. The molecule has 0 aliphatic heterocycles. The maximum Gasteiger partial charge on any atom is 0.375 e. The third kappa shape index (κ3) is 1.98. The quantitative estimate of drug-likeness (QED) is 0.462. The number of aryl methyl sites for hydroxylation is 1. The van der Waals surface area contributed by atoms with Crippen LogP contribution in [0.2, 0.25) is 0 Å². The van der Waals surface area contributed by atoms with Crippen molar-refractivity contribution in [2.24, 2.45) is 5.92 Å². The number of ether oxygens (including phenoxy) is 1. The summed E-state index contributed by atoms with van der Waals surface area (Å²) < 4.78 is 4.61. The number of fused-ring (bicyclic) bond motifs is 1. The van der Waals surface area contributed by atoms with Gasteiger partial charge in [0.15, 0.2) is 5.78 Å². The van der Waals surface area contributed by atoms with Crippen LogP contribution < -0.4 is 0 Å². The lowest BCUT2D eigenvalue weighted by Crippen LogP contribution is -2.34. The zero-order valence-electron chi connectivity index (χ0n) is 9.36. The summed E-state index contributed by atoms with van der Waals surface area (Å²) in [7, 11) is 0. The first kappa shape index (κ1) is 11.5. The third-order valence-corrected chi connectivity index (χ3v) is 2.78. The maximum atomic E-state index is 11.9. The van der Waals surface area contributed by atoms with E-state index in [-0.39, 0.29) is 12.4 Å². The molecule has 0 amide bonds. The minimum Gasteiger partial charge on any atom is -0.460 e. The number of ketones is 2. The fourth-order valence-corrected chi connectivity index (χ4v) is 1.92. The molecule has 0 saturated heterocycles. The van der Waals surface area contributed by atoms with Crippen LogP contribution in [0.3, 0.4) is 0 Å². The molecule has 1 atom stereocenters. The third-order valence-electron chi connectivity index (χ3n) is 2.78. The van der Waals surface area contributed by atoms with E-state index in [1.807, 2.05) is 0 Å². The smallest absolute Gasteiger partial charge is 0.375 e. The van der Waals surface area contributed by atoms with E-state index in [9.17, 15) is 14.4 Å². The van der Waals surface area contributed by atoms with Crippen LogP contribution in [0.1, 0.15) is 29.4 Å². The van der Waals surface area contributed by atoms with E-state index in [4.69, 9.17) is 0 Å². The molecule has 0 aromatic carbocycles. The molecule has 1 heterocycles.